The van der Waals surface area contributed by atoms with Gasteiger partial charge in [-0.15, -0.1) is 17.7 Å². The van der Waals surface area contributed by atoms with Gasteiger partial charge in [0.05, 0.1) is 18.2 Å². The van der Waals surface area contributed by atoms with Gasteiger partial charge in [-0.05, 0) is 74.9 Å². The molecular formula is C46H46AuN6-2. The third-order valence-electron chi connectivity index (χ3n) is 9.61. The third kappa shape index (κ3) is 7.97. The van der Waals surface area contributed by atoms with Crippen LogP contribution in [0, 0.1) is 24.6 Å². The number of rotatable bonds is 7. The Morgan fingerprint density at radius 1 is 0.660 bits per heavy atom. The minimum absolute atomic E-state index is 0. The molecule has 1 aliphatic rings. The Bertz CT molecular complexity index is 2220. The number of para-hydroxylation sites is 2. The molecule has 7 rings (SSSR count). The number of nitriles is 1. The van der Waals surface area contributed by atoms with Crippen LogP contribution in [0.1, 0.15) is 112 Å². The van der Waals surface area contributed by atoms with Crippen LogP contribution < -0.4 is 14.9 Å². The molecule has 6 nitrogen and oxygen atoms in total. The molecule has 0 saturated carbocycles. The summed E-state index contributed by atoms with van der Waals surface area (Å²) in [6.07, 6.45) is 0. The summed E-state index contributed by atoms with van der Waals surface area (Å²) in [4.78, 5) is 10.2. The van der Waals surface area contributed by atoms with Crippen LogP contribution in [0.15, 0.2) is 108 Å². The van der Waals surface area contributed by atoms with Crippen LogP contribution in [0.3, 0.4) is 0 Å². The molecule has 0 aliphatic carbocycles. The fourth-order valence-electron chi connectivity index (χ4n) is 6.92. The van der Waals surface area contributed by atoms with Crippen molar-refractivity contribution in [1.29, 1.82) is 5.26 Å². The molecule has 0 amide bonds. The summed E-state index contributed by atoms with van der Waals surface area (Å²) in [6.45, 7) is 27.4. The molecule has 5 aromatic carbocycles. The molecule has 1 radical (unpaired) electrons. The predicted octanol–water partition coefficient (Wildman–Crippen LogP) is 12.4. The Hall–Kier alpha value is -5.11. The standard InChI is InChI=1S/C32H40N3.C14H6N3.Au/c1-21(2)26-16-12-17-27(22(3)4)30(26)34-20-35(33-32(34)25-14-10-9-11-15-25)31-28(23(5)6)18-13-19-29(31)24(7)8;1-16-10-3-5-14-12(7-10)11-6-9(8-15)2-4-13(11)17-14;/h9-24H,1-8H3;2-7H;/q2*-1;. The molecule has 2 heterocycles. The molecule has 6 aromatic rings. The summed E-state index contributed by atoms with van der Waals surface area (Å²) in [5.41, 5.74) is 11.9. The molecule has 0 bridgehead atoms. The molecule has 0 atom stereocenters. The summed E-state index contributed by atoms with van der Waals surface area (Å²) in [5.74, 6) is 2.56. The molecule has 0 unspecified atom stereocenters. The average Bonchev–Trinajstić information content (AvgIpc) is 3.76. The second-order valence-corrected chi connectivity index (χ2v) is 14.6. The Morgan fingerprint density at radius 2 is 1.17 bits per heavy atom. The fraction of sp³-hybridized carbons (Fsp3) is 0.261. The molecule has 0 saturated heterocycles. The first kappa shape index (κ1) is 39.1. The summed E-state index contributed by atoms with van der Waals surface area (Å²) >= 11 is 0. The van der Waals surface area contributed by atoms with Gasteiger partial charge < -0.3 is 14.9 Å². The van der Waals surface area contributed by atoms with Gasteiger partial charge in [-0.2, -0.15) is 10.4 Å². The van der Waals surface area contributed by atoms with E-state index in [0.29, 0.717) is 34.9 Å². The molecular weight excluding hydrogens is 834 g/mol. The van der Waals surface area contributed by atoms with Gasteiger partial charge in [-0.3, -0.25) is 0 Å². The van der Waals surface area contributed by atoms with Crippen LogP contribution >= 0.6 is 0 Å². The van der Waals surface area contributed by atoms with Crippen LogP contribution in [0.5, 0.6) is 0 Å². The van der Waals surface area contributed by atoms with Gasteiger partial charge in [-0.25, -0.2) is 4.85 Å². The third-order valence-corrected chi connectivity index (χ3v) is 9.61. The van der Waals surface area contributed by atoms with Crippen LogP contribution in [-0.2, 0) is 22.4 Å². The van der Waals surface area contributed by atoms with Crippen molar-refractivity contribution in [3.05, 3.63) is 155 Å². The number of nitrogens with zero attached hydrogens (tertiary/aromatic N) is 6. The minimum atomic E-state index is 0. The molecule has 0 spiro atoms. The molecule has 0 fully saturated rings. The normalized spacial score (nSPS) is 12.6. The van der Waals surface area contributed by atoms with Crippen LogP contribution in [0.4, 0.5) is 17.1 Å². The first-order valence-electron chi connectivity index (χ1n) is 18.1. The summed E-state index contributed by atoms with van der Waals surface area (Å²) in [6, 6.07) is 37.0. The maximum atomic E-state index is 8.89. The largest absolute Gasteiger partial charge is 0.657 e. The second-order valence-electron chi connectivity index (χ2n) is 14.6. The van der Waals surface area contributed by atoms with E-state index in [0.717, 1.165) is 33.2 Å². The zero-order valence-corrected chi connectivity index (χ0v) is 33.9. The number of fused-ring (bicyclic) bond motifs is 3. The average molecular weight is 880 g/mol. The zero-order chi connectivity index (χ0) is 37.1. The molecule has 53 heavy (non-hydrogen) atoms. The maximum absolute atomic E-state index is 8.89. The van der Waals surface area contributed by atoms with Crippen LogP contribution in [-0.4, -0.2) is 5.84 Å². The van der Waals surface area contributed by atoms with Crippen LogP contribution in [0.2, 0.25) is 0 Å². The molecule has 1 aromatic heterocycles. The summed E-state index contributed by atoms with van der Waals surface area (Å²) < 4.78 is 0. The topological polar surface area (TPSA) is 61.1 Å². The number of anilines is 2. The van der Waals surface area contributed by atoms with Crippen molar-refractivity contribution in [3.8, 4) is 6.07 Å². The fourth-order valence-corrected chi connectivity index (χ4v) is 6.92. The zero-order valence-electron chi connectivity index (χ0n) is 31.7. The van der Waals surface area contributed by atoms with Crippen molar-refractivity contribution in [2.24, 2.45) is 5.10 Å². The summed E-state index contributed by atoms with van der Waals surface area (Å²) in [7, 11) is 0. The molecule has 273 valence electrons. The van der Waals surface area contributed by atoms with Gasteiger partial charge in [0, 0.05) is 39.3 Å². The first-order valence-corrected chi connectivity index (χ1v) is 18.1. The summed E-state index contributed by atoms with van der Waals surface area (Å²) in [5, 5.41) is 18.2. The van der Waals surface area contributed by atoms with Crippen molar-refractivity contribution in [1.82, 2.24) is 4.98 Å². The van der Waals surface area contributed by atoms with Gasteiger partial charge in [0.25, 0.3) is 0 Å². The number of hydrogen-bond acceptors (Lipinski definition) is 4. The van der Waals surface area contributed by atoms with Gasteiger partial charge >= 0.3 is 0 Å². The van der Waals surface area contributed by atoms with Crippen molar-refractivity contribution in [3.63, 3.8) is 0 Å². The van der Waals surface area contributed by atoms with E-state index in [1.807, 2.05) is 24.3 Å². The molecule has 0 N–H and O–H groups in total. The van der Waals surface area contributed by atoms with E-state index in [-0.39, 0.29) is 22.4 Å². The SMILES string of the molecule is CC(C)c1cccc(C(C)C)c1N1[CH-]N(c2c(C(C)C)cccc2C(C)C)C(c2ccccc2)=N1.[Au].[C-]#[N+]c1ccc2[n-]c3ccc(C#N)cc3c2c1. The Balaban J connectivity index is 0.000000251. The van der Waals surface area contributed by atoms with Gasteiger partial charge in [-0.1, -0.05) is 140 Å². The number of amidine groups is 1. The van der Waals surface area contributed by atoms with E-state index in [1.54, 1.807) is 12.1 Å². The number of hydrogen-bond donors (Lipinski definition) is 0. The number of hydrazone groups is 1. The van der Waals surface area contributed by atoms with E-state index in [9.17, 15) is 0 Å². The van der Waals surface area contributed by atoms with E-state index in [1.165, 1.54) is 33.6 Å². The predicted molar refractivity (Wildman–Crippen MR) is 217 cm³/mol. The Morgan fingerprint density at radius 3 is 1.68 bits per heavy atom. The van der Waals surface area contributed by atoms with E-state index >= 15 is 0 Å². The van der Waals surface area contributed by atoms with E-state index in [2.05, 4.69) is 155 Å². The second kappa shape index (κ2) is 16.7. The molecule has 7 heteroatoms. The van der Waals surface area contributed by atoms with E-state index < -0.39 is 0 Å². The van der Waals surface area contributed by atoms with Gasteiger partial charge in [0.2, 0.25) is 0 Å². The van der Waals surface area contributed by atoms with Crippen molar-refractivity contribution >= 4 is 44.7 Å². The van der Waals surface area contributed by atoms with Crippen LogP contribution in [0.25, 0.3) is 26.7 Å². The first-order chi connectivity index (χ1) is 25.0. The van der Waals surface area contributed by atoms with E-state index in [4.69, 9.17) is 16.9 Å². The quantitative estimate of drug-likeness (QED) is 0.118. The maximum Gasteiger partial charge on any atom is 0.187 e. The number of aromatic nitrogens is 1. The monoisotopic (exact) mass is 879 g/mol. The minimum Gasteiger partial charge on any atom is -0.657 e. The Labute approximate surface area is 330 Å². The molecule has 1 aliphatic heterocycles. The smallest absolute Gasteiger partial charge is 0.187 e. The van der Waals surface area contributed by atoms with Crippen molar-refractivity contribution in [2.75, 3.05) is 9.91 Å². The van der Waals surface area contributed by atoms with Gasteiger partial charge in [0.1, 0.15) is 5.84 Å². The Kier molecular flexibility index (Phi) is 12.3. The van der Waals surface area contributed by atoms with Crippen molar-refractivity contribution < 1.29 is 22.4 Å². The van der Waals surface area contributed by atoms with Crippen molar-refractivity contribution in [2.45, 2.75) is 79.1 Å². The van der Waals surface area contributed by atoms with Gasteiger partial charge in [0.15, 0.2) is 5.69 Å². The number of benzene rings is 5.